The summed E-state index contributed by atoms with van der Waals surface area (Å²) in [4.78, 5) is 10.8. The van der Waals surface area contributed by atoms with E-state index in [1.54, 1.807) is 11.6 Å². The molecule has 0 bridgehead atoms. The molecule has 0 unspecified atom stereocenters. The molecular weight excluding hydrogens is 193 g/mol. The number of nitrogens with zero attached hydrogens (tertiary/aromatic N) is 2. The van der Waals surface area contributed by atoms with Gasteiger partial charge in [-0.1, -0.05) is 0 Å². The standard InChI is InChI=1S/C5H10AsN3O/c1-6(2)4-7-8-5(10)9(4)3/h1-3H3,(H,8,10). The SMILES string of the molecule is Cn1c([As](C)C)n[nH]c1=O. The molecule has 0 saturated heterocycles. The van der Waals surface area contributed by atoms with Crippen molar-refractivity contribution in [1.82, 2.24) is 14.8 Å². The molecule has 1 N–H and O–H groups in total. The Labute approximate surface area is 63.5 Å². The number of hydrogen-bond acceptors (Lipinski definition) is 2. The van der Waals surface area contributed by atoms with E-state index in [1.807, 2.05) is 0 Å². The molecule has 4 nitrogen and oxygen atoms in total. The zero-order valence-corrected chi connectivity index (χ0v) is 8.13. The average Bonchev–Trinajstić information content (AvgIpc) is 2.14. The van der Waals surface area contributed by atoms with Gasteiger partial charge in [0.25, 0.3) is 0 Å². The third-order valence-corrected chi connectivity index (χ3v) is 3.77. The molecule has 0 atom stereocenters. The van der Waals surface area contributed by atoms with Crippen LogP contribution in [0.4, 0.5) is 0 Å². The van der Waals surface area contributed by atoms with E-state index in [1.165, 1.54) is 0 Å². The summed E-state index contributed by atoms with van der Waals surface area (Å²) in [6, 6.07) is 0. The Morgan fingerprint density at radius 1 is 1.60 bits per heavy atom. The normalized spacial score (nSPS) is 10.8. The molecule has 0 aliphatic rings. The van der Waals surface area contributed by atoms with Crippen LogP contribution in [0.15, 0.2) is 4.79 Å². The monoisotopic (exact) mass is 203 g/mol. The number of hydrogen-bond donors (Lipinski definition) is 1. The van der Waals surface area contributed by atoms with Crippen molar-refractivity contribution in [3.8, 4) is 0 Å². The second-order valence-corrected chi connectivity index (χ2v) is 6.87. The summed E-state index contributed by atoms with van der Waals surface area (Å²) < 4.78 is 2.53. The molecule has 0 radical (unpaired) electrons. The van der Waals surface area contributed by atoms with E-state index in [0.29, 0.717) is 0 Å². The molecule has 5 heteroatoms. The number of rotatable bonds is 1. The molecular formula is C5H10AsN3O. The number of aromatic amines is 1. The first-order valence-corrected chi connectivity index (χ1v) is 7.61. The van der Waals surface area contributed by atoms with Crippen molar-refractivity contribution in [2.45, 2.75) is 11.4 Å². The molecule has 0 spiro atoms. The zero-order chi connectivity index (χ0) is 7.72. The van der Waals surface area contributed by atoms with E-state index in [4.69, 9.17) is 0 Å². The summed E-state index contributed by atoms with van der Waals surface area (Å²) >= 11 is -0.988. The molecule has 0 aliphatic heterocycles. The van der Waals surface area contributed by atoms with E-state index in [2.05, 4.69) is 21.6 Å². The molecule has 0 fully saturated rings. The summed E-state index contributed by atoms with van der Waals surface area (Å²) in [6.45, 7) is 0. The molecule has 1 aromatic heterocycles. The van der Waals surface area contributed by atoms with Gasteiger partial charge in [-0.25, -0.2) is 0 Å². The summed E-state index contributed by atoms with van der Waals surface area (Å²) in [7, 11) is 1.75. The molecule has 1 aromatic rings. The van der Waals surface area contributed by atoms with Gasteiger partial charge >= 0.3 is 63.0 Å². The van der Waals surface area contributed by atoms with Crippen LogP contribution in [0.5, 0.6) is 0 Å². The first-order chi connectivity index (χ1) is 4.63. The molecule has 1 rings (SSSR count). The van der Waals surface area contributed by atoms with Crippen LogP contribution < -0.4 is 10.3 Å². The van der Waals surface area contributed by atoms with E-state index in [-0.39, 0.29) is 5.69 Å². The van der Waals surface area contributed by atoms with Crippen molar-refractivity contribution in [2.75, 3.05) is 0 Å². The van der Waals surface area contributed by atoms with Crippen LogP contribution in [0.2, 0.25) is 11.4 Å². The second kappa shape index (κ2) is 2.62. The van der Waals surface area contributed by atoms with Gasteiger partial charge in [-0.05, 0) is 0 Å². The van der Waals surface area contributed by atoms with Gasteiger partial charge in [0, 0.05) is 0 Å². The average molecular weight is 203 g/mol. The minimum absolute atomic E-state index is 0.113. The molecule has 0 aliphatic carbocycles. The van der Waals surface area contributed by atoms with Crippen molar-refractivity contribution in [2.24, 2.45) is 7.05 Å². The molecule has 1 heterocycles. The number of H-pyrrole nitrogens is 1. The third kappa shape index (κ3) is 1.16. The van der Waals surface area contributed by atoms with Crippen molar-refractivity contribution in [3.05, 3.63) is 10.5 Å². The predicted octanol–water partition coefficient (Wildman–Crippen LogP) is -0.930. The number of aromatic nitrogens is 3. The van der Waals surface area contributed by atoms with E-state index in [0.717, 1.165) is 4.61 Å². The van der Waals surface area contributed by atoms with Crippen LogP contribution >= 0.6 is 0 Å². The van der Waals surface area contributed by atoms with Crippen LogP contribution in [0.25, 0.3) is 0 Å². The van der Waals surface area contributed by atoms with Gasteiger partial charge in [0.15, 0.2) is 0 Å². The Balaban J connectivity index is 3.18. The maximum atomic E-state index is 10.8. The zero-order valence-electron chi connectivity index (χ0n) is 6.25. The van der Waals surface area contributed by atoms with Gasteiger partial charge in [0.1, 0.15) is 0 Å². The van der Waals surface area contributed by atoms with Gasteiger partial charge in [-0.15, -0.1) is 0 Å². The Morgan fingerprint density at radius 2 is 2.20 bits per heavy atom. The van der Waals surface area contributed by atoms with Crippen LogP contribution in [-0.4, -0.2) is 29.4 Å². The predicted molar refractivity (Wildman–Crippen MR) is 40.9 cm³/mol. The molecule has 10 heavy (non-hydrogen) atoms. The van der Waals surface area contributed by atoms with E-state index < -0.39 is 14.7 Å². The summed E-state index contributed by atoms with van der Waals surface area (Å²) in [5.41, 5.74) is 4.17. The fourth-order valence-corrected chi connectivity index (χ4v) is 2.71. The second-order valence-electron chi connectivity index (χ2n) is 2.28. The van der Waals surface area contributed by atoms with Crippen LogP contribution in [0.3, 0.4) is 0 Å². The topological polar surface area (TPSA) is 50.7 Å². The first-order valence-electron chi connectivity index (χ1n) is 2.91. The summed E-state index contributed by atoms with van der Waals surface area (Å²) in [6.07, 6.45) is 0. The van der Waals surface area contributed by atoms with Crippen LogP contribution in [0.1, 0.15) is 0 Å². The van der Waals surface area contributed by atoms with Gasteiger partial charge < -0.3 is 0 Å². The quantitative estimate of drug-likeness (QED) is 0.599. The van der Waals surface area contributed by atoms with Crippen molar-refractivity contribution in [3.63, 3.8) is 0 Å². The van der Waals surface area contributed by atoms with Gasteiger partial charge in [0.05, 0.1) is 0 Å². The number of nitrogens with one attached hydrogen (secondary N) is 1. The van der Waals surface area contributed by atoms with Crippen molar-refractivity contribution < 1.29 is 0 Å². The maximum absolute atomic E-state index is 10.8. The first kappa shape index (κ1) is 7.60. The molecule has 0 amide bonds. The summed E-state index contributed by atoms with van der Waals surface area (Å²) in [5.74, 6) is 0. The van der Waals surface area contributed by atoms with Crippen LogP contribution in [0, 0.1) is 0 Å². The van der Waals surface area contributed by atoms with Gasteiger partial charge in [-0.3, -0.25) is 0 Å². The van der Waals surface area contributed by atoms with Crippen LogP contribution in [-0.2, 0) is 7.05 Å². The fraction of sp³-hybridized carbons (Fsp3) is 0.600. The molecule has 56 valence electrons. The van der Waals surface area contributed by atoms with Crippen molar-refractivity contribution in [1.29, 1.82) is 0 Å². The Bertz CT molecular complexity index is 275. The Kier molecular flexibility index (Phi) is 1.99. The molecule has 0 aromatic carbocycles. The Hall–Kier alpha value is -0.502. The van der Waals surface area contributed by atoms with Gasteiger partial charge in [0.2, 0.25) is 0 Å². The summed E-state index contributed by atoms with van der Waals surface area (Å²) in [5, 5.41) is 6.32. The molecule has 0 saturated carbocycles. The van der Waals surface area contributed by atoms with Crippen molar-refractivity contribution >= 4 is 19.3 Å². The van der Waals surface area contributed by atoms with E-state index in [9.17, 15) is 4.79 Å². The fourth-order valence-electron chi connectivity index (χ4n) is 0.739. The minimum atomic E-state index is -0.988. The third-order valence-electron chi connectivity index (χ3n) is 1.26. The Morgan fingerprint density at radius 3 is 2.40 bits per heavy atom. The van der Waals surface area contributed by atoms with E-state index >= 15 is 0 Å². The van der Waals surface area contributed by atoms with Gasteiger partial charge in [-0.2, -0.15) is 0 Å².